The first-order chi connectivity index (χ1) is 10.1. The van der Waals surface area contributed by atoms with E-state index in [9.17, 15) is 8.78 Å². The first-order valence-electron chi connectivity index (χ1n) is 6.91. The molecule has 0 amide bonds. The van der Waals surface area contributed by atoms with Gasteiger partial charge in [-0.15, -0.1) is 0 Å². The van der Waals surface area contributed by atoms with Gasteiger partial charge in [-0.05, 0) is 25.1 Å². The van der Waals surface area contributed by atoms with E-state index >= 15 is 0 Å². The predicted molar refractivity (Wildman–Crippen MR) is 79.6 cm³/mol. The molecule has 21 heavy (non-hydrogen) atoms. The Morgan fingerprint density at radius 1 is 1.05 bits per heavy atom. The number of hydrogen-bond acceptors (Lipinski definition) is 2. The van der Waals surface area contributed by atoms with Crippen LogP contribution in [0.25, 0.3) is 0 Å². The number of hydrogen-bond donors (Lipinski definition) is 1. The van der Waals surface area contributed by atoms with Crippen LogP contribution in [0.5, 0.6) is 5.75 Å². The fraction of sp³-hybridized carbons (Fsp3) is 0.294. The Hall–Kier alpha value is -1.94. The van der Waals surface area contributed by atoms with E-state index < -0.39 is 11.9 Å². The van der Waals surface area contributed by atoms with Crippen molar-refractivity contribution in [3.63, 3.8) is 0 Å². The molecule has 0 aromatic heterocycles. The van der Waals surface area contributed by atoms with Crippen molar-refractivity contribution in [2.75, 3.05) is 13.7 Å². The molecule has 2 aromatic carbocycles. The zero-order valence-electron chi connectivity index (χ0n) is 12.4. The first kappa shape index (κ1) is 15.4. The summed E-state index contributed by atoms with van der Waals surface area (Å²) in [6, 6.07) is 9.50. The largest absolute Gasteiger partial charge is 0.494 e. The maximum absolute atomic E-state index is 14.5. The van der Waals surface area contributed by atoms with E-state index in [2.05, 4.69) is 5.32 Å². The Bertz CT molecular complexity index is 628. The highest BCUT2D eigenvalue weighted by atomic mass is 19.1. The lowest BCUT2D eigenvalue weighted by molar-refractivity contribution is 0.381. The van der Waals surface area contributed by atoms with Crippen LogP contribution in [0, 0.1) is 18.6 Å². The van der Waals surface area contributed by atoms with Gasteiger partial charge >= 0.3 is 0 Å². The Labute approximate surface area is 123 Å². The van der Waals surface area contributed by atoms with Crippen molar-refractivity contribution in [1.82, 2.24) is 5.32 Å². The van der Waals surface area contributed by atoms with Crippen LogP contribution in [-0.2, 0) is 0 Å². The van der Waals surface area contributed by atoms with Gasteiger partial charge in [0.2, 0.25) is 0 Å². The molecule has 0 aliphatic rings. The van der Waals surface area contributed by atoms with Gasteiger partial charge in [-0.2, -0.15) is 0 Å². The van der Waals surface area contributed by atoms with Gasteiger partial charge < -0.3 is 10.1 Å². The Balaban J connectivity index is 2.56. The molecule has 1 atom stereocenters. The number of rotatable bonds is 5. The molecule has 2 nitrogen and oxygen atoms in total. The van der Waals surface area contributed by atoms with E-state index in [1.807, 2.05) is 6.92 Å². The van der Waals surface area contributed by atoms with Gasteiger partial charge in [0.1, 0.15) is 5.82 Å². The number of halogens is 2. The molecule has 4 heteroatoms. The molecule has 2 aromatic rings. The summed E-state index contributed by atoms with van der Waals surface area (Å²) >= 11 is 0. The van der Waals surface area contributed by atoms with Gasteiger partial charge in [0.05, 0.1) is 13.2 Å². The second-order valence-electron chi connectivity index (χ2n) is 4.83. The highest BCUT2D eigenvalue weighted by Gasteiger charge is 2.22. The van der Waals surface area contributed by atoms with Crippen molar-refractivity contribution in [2.24, 2.45) is 0 Å². The van der Waals surface area contributed by atoms with E-state index in [0.29, 0.717) is 23.2 Å². The minimum absolute atomic E-state index is 0.156. The lowest BCUT2D eigenvalue weighted by Gasteiger charge is -2.21. The molecule has 0 aliphatic carbocycles. The molecule has 112 valence electrons. The zero-order chi connectivity index (χ0) is 15.4. The minimum Gasteiger partial charge on any atom is -0.494 e. The molecule has 0 heterocycles. The van der Waals surface area contributed by atoms with Gasteiger partial charge in [0.15, 0.2) is 11.6 Å². The average molecular weight is 291 g/mol. The molecule has 1 N–H and O–H groups in total. The van der Waals surface area contributed by atoms with Crippen LogP contribution in [0.1, 0.15) is 29.7 Å². The molecule has 0 radical (unpaired) electrons. The van der Waals surface area contributed by atoms with E-state index in [1.54, 1.807) is 43.3 Å². The highest BCUT2D eigenvalue weighted by Crippen LogP contribution is 2.31. The molecular formula is C17H19F2NO. The summed E-state index contributed by atoms with van der Waals surface area (Å²) < 4.78 is 33.9. The van der Waals surface area contributed by atoms with E-state index in [-0.39, 0.29) is 11.6 Å². The molecule has 0 saturated heterocycles. The molecule has 0 saturated carbocycles. The second-order valence-corrected chi connectivity index (χ2v) is 4.83. The van der Waals surface area contributed by atoms with Crippen molar-refractivity contribution in [1.29, 1.82) is 0 Å². The first-order valence-corrected chi connectivity index (χ1v) is 6.91. The fourth-order valence-electron chi connectivity index (χ4n) is 2.39. The summed E-state index contributed by atoms with van der Waals surface area (Å²) in [6.07, 6.45) is 0. The van der Waals surface area contributed by atoms with E-state index in [4.69, 9.17) is 4.74 Å². The monoisotopic (exact) mass is 291 g/mol. The van der Waals surface area contributed by atoms with Gasteiger partial charge in [0.25, 0.3) is 0 Å². The number of aryl methyl sites for hydroxylation is 1. The van der Waals surface area contributed by atoms with Gasteiger partial charge in [-0.25, -0.2) is 8.78 Å². The Morgan fingerprint density at radius 2 is 1.67 bits per heavy atom. The van der Waals surface area contributed by atoms with Gasteiger partial charge in [-0.3, -0.25) is 0 Å². The SMILES string of the molecule is CCNC(c1cccc(C)c1F)c1cccc(OC)c1F. The lowest BCUT2D eigenvalue weighted by atomic mass is 9.96. The van der Waals surface area contributed by atoms with E-state index in [0.717, 1.165) is 0 Å². The Morgan fingerprint density at radius 3 is 2.29 bits per heavy atom. The summed E-state index contributed by atoms with van der Waals surface area (Å²) in [5.74, 6) is -0.624. The molecule has 1 unspecified atom stereocenters. The molecule has 0 fully saturated rings. The summed E-state index contributed by atoms with van der Waals surface area (Å²) in [5, 5.41) is 3.14. The van der Waals surface area contributed by atoms with Crippen molar-refractivity contribution >= 4 is 0 Å². The molecule has 0 spiro atoms. The van der Waals surface area contributed by atoms with Crippen LogP contribution in [0.4, 0.5) is 8.78 Å². The smallest absolute Gasteiger partial charge is 0.170 e. The third-order valence-corrected chi connectivity index (χ3v) is 3.46. The topological polar surface area (TPSA) is 21.3 Å². The van der Waals surface area contributed by atoms with Crippen LogP contribution in [0.15, 0.2) is 36.4 Å². The second kappa shape index (κ2) is 6.68. The van der Waals surface area contributed by atoms with Crippen molar-refractivity contribution in [3.05, 3.63) is 64.7 Å². The molecule has 2 rings (SSSR count). The van der Waals surface area contributed by atoms with Crippen LogP contribution in [0.3, 0.4) is 0 Å². The fourth-order valence-corrected chi connectivity index (χ4v) is 2.39. The summed E-state index contributed by atoms with van der Waals surface area (Å²) in [6.45, 7) is 4.19. The number of nitrogens with one attached hydrogen (secondary N) is 1. The minimum atomic E-state index is -0.551. The number of benzene rings is 2. The van der Waals surface area contributed by atoms with Crippen molar-refractivity contribution in [2.45, 2.75) is 19.9 Å². The van der Waals surface area contributed by atoms with Crippen LogP contribution < -0.4 is 10.1 Å². The molecule has 0 aliphatic heterocycles. The van der Waals surface area contributed by atoms with Crippen molar-refractivity contribution < 1.29 is 13.5 Å². The predicted octanol–water partition coefficient (Wildman–Crippen LogP) is 3.98. The van der Waals surface area contributed by atoms with Crippen molar-refractivity contribution in [3.8, 4) is 5.75 Å². The number of ether oxygens (including phenoxy) is 1. The van der Waals surface area contributed by atoms with Crippen LogP contribution >= 0.6 is 0 Å². The van der Waals surface area contributed by atoms with Gasteiger partial charge in [-0.1, -0.05) is 37.3 Å². The maximum Gasteiger partial charge on any atom is 0.170 e. The van der Waals surface area contributed by atoms with Crippen LogP contribution in [-0.4, -0.2) is 13.7 Å². The normalized spacial score (nSPS) is 12.2. The third-order valence-electron chi connectivity index (χ3n) is 3.46. The molecule has 0 bridgehead atoms. The molecular weight excluding hydrogens is 272 g/mol. The number of methoxy groups -OCH3 is 1. The lowest BCUT2D eigenvalue weighted by Crippen LogP contribution is -2.24. The Kier molecular flexibility index (Phi) is 4.91. The summed E-state index contributed by atoms with van der Waals surface area (Å²) in [7, 11) is 1.41. The summed E-state index contributed by atoms with van der Waals surface area (Å²) in [4.78, 5) is 0. The van der Waals surface area contributed by atoms with Crippen LogP contribution in [0.2, 0.25) is 0 Å². The van der Waals surface area contributed by atoms with E-state index in [1.165, 1.54) is 7.11 Å². The average Bonchev–Trinajstić information content (AvgIpc) is 2.49. The third kappa shape index (κ3) is 3.05. The maximum atomic E-state index is 14.5. The summed E-state index contributed by atoms with van der Waals surface area (Å²) in [5.41, 5.74) is 1.35. The zero-order valence-corrected chi connectivity index (χ0v) is 12.4. The quantitative estimate of drug-likeness (QED) is 0.899. The standard InChI is InChI=1S/C17H19F2NO/c1-4-20-17(12-8-5-7-11(2)15(12)18)13-9-6-10-14(21-3)16(13)19/h5-10,17,20H,4H2,1-3H3. The van der Waals surface area contributed by atoms with Gasteiger partial charge in [0, 0.05) is 11.1 Å². The highest BCUT2D eigenvalue weighted by molar-refractivity contribution is 5.40.